The van der Waals surface area contributed by atoms with Gasteiger partial charge >= 0.3 is 0 Å². The first-order chi connectivity index (χ1) is 14.1. The summed E-state index contributed by atoms with van der Waals surface area (Å²) in [6.45, 7) is 2.60. The van der Waals surface area contributed by atoms with Crippen molar-refractivity contribution >= 4 is 34.9 Å². The molecule has 0 bridgehead atoms. The first-order valence-corrected chi connectivity index (χ1v) is 11.3. The third-order valence-electron chi connectivity index (χ3n) is 4.34. The zero-order valence-corrected chi connectivity index (χ0v) is 17.9. The number of nitrogens with one attached hydrogen (secondary N) is 2. The predicted molar refractivity (Wildman–Crippen MR) is 121 cm³/mol. The average molecular weight is 425 g/mol. The Morgan fingerprint density at radius 1 is 1.00 bits per heavy atom. The molecule has 0 spiro atoms. The minimum absolute atomic E-state index is 0.164. The smallest absolute Gasteiger partial charge is 0.262 e. The van der Waals surface area contributed by atoms with Crippen molar-refractivity contribution in [1.82, 2.24) is 10.6 Å². The standard InChI is InChI=1S/C23H24N2O2S2/c1-17-9-11-19(12-10-17)28-15-13-24-22(26)20(16-18-6-3-2-4-7-18)25-23(27)21-8-5-14-29-21/h2-12,14,20H,13,15-16H2,1H3,(H,24,26)(H,25,27). The van der Waals surface area contributed by atoms with Crippen LogP contribution < -0.4 is 10.6 Å². The summed E-state index contributed by atoms with van der Waals surface area (Å²) in [7, 11) is 0. The van der Waals surface area contributed by atoms with Crippen molar-refractivity contribution in [2.75, 3.05) is 12.3 Å². The lowest BCUT2D eigenvalue weighted by Crippen LogP contribution is -2.48. The van der Waals surface area contributed by atoms with Crippen molar-refractivity contribution in [3.8, 4) is 0 Å². The molecular weight excluding hydrogens is 400 g/mol. The highest BCUT2D eigenvalue weighted by Crippen LogP contribution is 2.17. The fraction of sp³-hybridized carbons (Fsp3) is 0.217. The molecule has 1 unspecified atom stereocenters. The van der Waals surface area contributed by atoms with E-state index in [1.807, 2.05) is 41.8 Å². The van der Waals surface area contributed by atoms with Gasteiger partial charge in [0.1, 0.15) is 6.04 Å². The van der Waals surface area contributed by atoms with E-state index in [9.17, 15) is 9.59 Å². The summed E-state index contributed by atoms with van der Waals surface area (Å²) >= 11 is 3.06. The van der Waals surface area contributed by atoms with E-state index < -0.39 is 6.04 Å². The Labute approximate surface area is 179 Å². The van der Waals surface area contributed by atoms with Gasteiger partial charge < -0.3 is 10.6 Å². The molecule has 0 fully saturated rings. The van der Waals surface area contributed by atoms with Crippen molar-refractivity contribution in [3.05, 3.63) is 88.1 Å². The Kier molecular flexibility index (Phi) is 7.90. The topological polar surface area (TPSA) is 58.2 Å². The fourth-order valence-corrected chi connectivity index (χ4v) is 4.19. The molecule has 2 amide bonds. The number of hydrogen-bond acceptors (Lipinski definition) is 4. The van der Waals surface area contributed by atoms with Gasteiger partial charge in [0.25, 0.3) is 5.91 Å². The van der Waals surface area contributed by atoms with Crippen molar-refractivity contribution in [2.45, 2.75) is 24.3 Å². The van der Waals surface area contributed by atoms with E-state index in [1.165, 1.54) is 21.8 Å². The summed E-state index contributed by atoms with van der Waals surface area (Å²) in [6, 6.07) is 21.0. The molecule has 1 atom stereocenters. The molecule has 3 rings (SSSR count). The van der Waals surface area contributed by atoms with Crippen LogP contribution in [-0.4, -0.2) is 30.2 Å². The summed E-state index contributed by atoms with van der Waals surface area (Å²) in [5.41, 5.74) is 2.24. The number of thioether (sulfide) groups is 1. The highest BCUT2D eigenvalue weighted by molar-refractivity contribution is 7.99. The van der Waals surface area contributed by atoms with Gasteiger partial charge in [-0.1, -0.05) is 54.1 Å². The van der Waals surface area contributed by atoms with Crippen molar-refractivity contribution in [1.29, 1.82) is 0 Å². The maximum absolute atomic E-state index is 12.8. The van der Waals surface area contributed by atoms with Gasteiger partial charge in [0.05, 0.1) is 4.88 Å². The summed E-state index contributed by atoms with van der Waals surface area (Å²) in [6.07, 6.45) is 0.453. The molecule has 6 heteroatoms. The Hall–Kier alpha value is -2.57. The van der Waals surface area contributed by atoms with Crippen LogP contribution in [0.4, 0.5) is 0 Å². The first kappa shape index (κ1) is 21.1. The maximum Gasteiger partial charge on any atom is 0.262 e. The van der Waals surface area contributed by atoms with Gasteiger partial charge in [0.2, 0.25) is 5.91 Å². The van der Waals surface area contributed by atoms with Crippen LogP contribution in [0.15, 0.2) is 77.0 Å². The average Bonchev–Trinajstić information content (AvgIpc) is 3.28. The van der Waals surface area contributed by atoms with Gasteiger partial charge in [-0.15, -0.1) is 23.1 Å². The van der Waals surface area contributed by atoms with Crippen molar-refractivity contribution < 1.29 is 9.59 Å². The maximum atomic E-state index is 12.8. The van der Waals surface area contributed by atoms with Crippen LogP contribution in [0.25, 0.3) is 0 Å². The van der Waals surface area contributed by atoms with Gasteiger partial charge in [0, 0.05) is 23.6 Å². The summed E-state index contributed by atoms with van der Waals surface area (Å²) < 4.78 is 0. The van der Waals surface area contributed by atoms with Crippen LogP contribution in [0.3, 0.4) is 0 Å². The van der Waals surface area contributed by atoms with Crippen LogP contribution >= 0.6 is 23.1 Å². The van der Waals surface area contributed by atoms with E-state index in [4.69, 9.17) is 0 Å². The van der Waals surface area contributed by atoms with Crippen LogP contribution in [-0.2, 0) is 11.2 Å². The molecule has 0 radical (unpaired) electrons. The SMILES string of the molecule is Cc1ccc(SCCNC(=O)C(Cc2ccccc2)NC(=O)c2cccs2)cc1. The number of aryl methyl sites for hydroxylation is 1. The predicted octanol–water partition coefficient (Wildman–Crippen LogP) is 4.31. The van der Waals surface area contributed by atoms with E-state index in [1.54, 1.807) is 17.8 Å². The van der Waals surface area contributed by atoms with Gasteiger partial charge in [-0.3, -0.25) is 9.59 Å². The van der Waals surface area contributed by atoms with E-state index in [0.29, 0.717) is 17.8 Å². The second-order valence-electron chi connectivity index (χ2n) is 6.65. The largest absolute Gasteiger partial charge is 0.353 e. The lowest BCUT2D eigenvalue weighted by atomic mass is 10.1. The quantitative estimate of drug-likeness (QED) is 0.398. The number of hydrogen-bond donors (Lipinski definition) is 2. The third kappa shape index (κ3) is 6.76. The minimum Gasteiger partial charge on any atom is -0.353 e. The molecule has 150 valence electrons. The number of rotatable bonds is 9. The molecule has 0 aliphatic rings. The number of carbonyl (C=O) groups is 2. The Morgan fingerprint density at radius 3 is 2.45 bits per heavy atom. The second kappa shape index (κ2) is 10.8. The summed E-state index contributed by atoms with van der Waals surface area (Å²) in [4.78, 5) is 27.0. The molecule has 1 aromatic heterocycles. The van der Waals surface area contributed by atoms with Crippen LogP contribution in [0, 0.1) is 6.92 Å². The molecule has 0 aliphatic heterocycles. The Morgan fingerprint density at radius 2 is 1.76 bits per heavy atom. The van der Waals surface area contributed by atoms with E-state index in [2.05, 4.69) is 41.8 Å². The second-order valence-corrected chi connectivity index (χ2v) is 8.76. The van der Waals surface area contributed by atoms with Gasteiger partial charge in [-0.05, 0) is 36.1 Å². The van der Waals surface area contributed by atoms with E-state index in [0.717, 1.165) is 11.3 Å². The zero-order valence-electron chi connectivity index (χ0n) is 16.3. The van der Waals surface area contributed by atoms with E-state index >= 15 is 0 Å². The van der Waals surface area contributed by atoms with Crippen LogP contribution in [0.2, 0.25) is 0 Å². The zero-order chi connectivity index (χ0) is 20.5. The van der Waals surface area contributed by atoms with Crippen LogP contribution in [0.1, 0.15) is 20.8 Å². The van der Waals surface area contributed by atoms with Crippen molar-refractivity contribution in [3.63, 3.8) is 0 Å². The Bertz CT molecular complexity index is 910. The summed E-state index contributed by atoms with van der Waals surface area (Å²) in [5.74, 6) is 0.388. The number of amides is 2. The molecule has 0 aliphatic carbocycles. The summed E-state index contributed by atoms with van der Waals surface area (Å²) in [5, 5.41) is 7.70. The highest BCUT2D eigenvalue weighted by atomic mass is 32.2. The molecule has 4 nitrogen and oxygen atoms in total. The lowest BCUT2D eigenvalue weighted by Gasteiger charge is -2.18. The number of thiophene rings is 1. The van der Waals surface area contributed by atoms with E-state index in [-0.39, 0.29) is 11.8 Å². The highest BCUT2D eigenvalue weighted by Gasteiger charge is 2.22. The molecule has 0 saturated heterocycles. The first-order valence-electron chi connectivity index (χ1n) is 9.47. The van der Waals surface area contributed by atoms with Gasteiger partial charge in [-0.25, -0.2) is 0 Å². The third-order valence-corrected chi connectivity index (χ3v) is 6.22. The van der Waals surface area contributed by atoms with Crippen molar-refractivity contribution in [2.24, 2.45) is 0 Å². The molecule has 29 heavy (non-hydrogen) atoms. The van der Waals surface area contributed by atoms with Gasteiger partial charge in [-0.2, -0.15) is 0 Å². The molecule has 2 aromatic carbocycles. The molecule has 3 aromatic rings. The van der Waals surface area contributed by atoms with Crippen LogP contribution in [0.5, 0.6) is 0 Å². The normalized spacial score (nSPS) is 11.6. The number of benzene rings is 2. The molecule has 0 saturated carbocycles. The fourth-order valence-electron chi connectivity index (χ4n) is 2.80. The lowest BCUT2D eigenvalue weighted by molar-refractivity contribution is -0.122. The molecule has 2 N–H and O–H groups in total. The Balaban J connectivity index is 1.55. The number of carbonyl (C=O) groups excluding carboxylic acids is 2. The molecule has 1 heterocycles. The minimum atomic E-state index is -0.614. The monoisotopic (exact) mass is 424 g/mol. The van der Waals surface area contributed by atoms with Gasteiger partial charge in [0.15, 0.2) is 0 Å². The molecular formula is C23H24N2O2S2.